The molecule has 3 aliphatic heterocycles. The molecule has 0 atom stereocenters. The van der Waals surface area contributed by atoms with E-state index in [0.717, 1.165) is 26.2 Å². The molecule has 1 spiro atoms. The zero-order chi connectivity index (χ0) is 9.60. The number of carbonyl (C=O) groups excluding carboxylic acids is 1. The van der Waals surface area contributed by atoms with Crippen molar-refractivity contribution >= 4 is 6.09 Å². The van der Waals surface area contributed by atoms with Crippen molar-refractivity contribution in [2.75, 3.05) is 39.4 Å². The number of hydrogen-bond donors (Lipinski definition) is 1. The summed E-state index contributed by atoms with van der Waals surface area (Å²) >= 11 is 0. The van der Waals surface area contributed by atoms with Crippen LogP contribution in [0.1, 0.15) is 0 Å². The summed E-state index contributed by atoms with van der Waals surface area (Å²) in [6.45, 7) is 4.92. The van der Waals surface area contributed by atoms with Crippen molar-refractivity contribution in [1.29, 1.82) is 0 Å². The van der Waals surface area contributed by atoms with Gasteiger partial charge in [-0.05, 0) is 0 Å². The van der Waals surface area contributed by atoms with Crippen LogP contribution >= 0.6 is 0 Å². The zero-order valence-corrected chi connectivity index (χ0v) is 7.99. The average molecular weight is 198 g/mol. The van der Waals surface area contributed by atoms with Crippen LogP contribution < -0.4 is 5.32 Å². The lowest BCUT2D eigenvalue weighted by Gasteiger charge is -2.55. The van der Waals surface area contributed by atoms with Crippen LogP contribution in [0.3, 0.4) is 0 Å². The molecule has 3 fully saturated rings. The Morgan fingerprint density at radius 3 is 2.57 bits per heavy atom. The first-order valence-electron chi connectivity index (χ1n) is 5.02. The molecule has 0 radical (unpaired) electrons. The van der Waals surface area contributed by atoms with E-state index in [9.17, 15) is 4.79 Å². The second-order valence-electron chi connectivity index (χ2n) is 4.50. The predicted octanol–water partition coefficient (Wildman–Crippen LogP) is -0.573. The number of hydrogen-bond acceptors (Lipinski definition) is 4. The molecule has 14 heavy (non-hydrogen) atoms. The molecule has 78 valence electrons. The Morgan fingerprint density at radius 1 is 1.43 bits per heavy atom. The molecule has 0 aromatic rings. The van der Waals surface area contributed by atoms with E-state index in [0.29, 0.717) is 18.6 Å². The number of nitrogens with one attached hydrogen (secondary N) is 1. The summed E-state index contributed by atoms with van der Waals surface area (Å²) in [6, 6.07) is 0. The lowest BCUT2D eigenvalue weighted by atomic mass is 9.75. The number of likely N-dealkylation sites (tertiary alicyclic amines) is 1. The lowest BCUT2D eigenvalue weighted by Crippen LogP contribution is -2.72. The van der Waals surface area contributed by atoms with Crippen molar-refractivity contribution in [3.05, 3.63) is 0 Å². The van der Waals surface area contributed by atoms with Gasteiger partial charge in [0.25, 0.3) is 0 Å². The van der Waals surface area contributed by atoms with Gasteiger partial charge in [0.05, 0.1) is 13.2 Å². The van der Waals surface area contributed by atoms with Gasteiger partial charge in [-0.2, -0.15) is 0 Å². The van der Waals surface area contributed by atoms with Crippen LogP contribution in [0.15, 0.2) is 0 Å². The maximum Gasteiger partial charge on any atom is 0.410 e. The highest BCUT2D eigenvalue weighted by Gasteiger charge is 2.50. The van der Waals surface area contributed by atoms with Crippen LogP contribution in [0.4, 0.5) is 4.79 Å². The average Bonchev–Trinajstić information content (AvgIpc) is 1.91. The molecular formula is C9H14N2O3. The Bertz CT molecular complexity index is 253. The number of carbonyl (C=O) groups is 1. The molecular weight excluding hydrogens is 184 g/mol. The highest BCUT2D eigenvalue weighted by atomic mass is 16.6. The number of amides is 1. The summed E-state index contributed by atoms with van der Waals surface area (Å²) in [6.07, 6.45) is -0.172. The van der Waals surface area contributed by atoms with Gasteiger partial charge in [0.1, 0.15) is 0 Å². The van der Waals surface area contributed by atoms with E-state index in [1.54, 1.807) is 4.90 Å². The monoisotopic (exact) mass is 198 g/mol. The molecule has 0 aromatic carbocycles. The second-order valence-corrected chi connectivity index (χ2v) is 4.50. The first-order valence-corrected chi connectivity index (χ1v) is 5.02. The molecule has 5 heteroatoms. The van der Waals surface area contributed by atoms with E-state index < -0.39 is 0 Å². The Kier molecular flexibility index (Phi) is 1.72. The molecule has 0 aromatic heterocycles. The number of rotatable bonds is 1. The van der Waals surface area contributed by atoms with E-state index in [2.05, 4.69) is 5.32 Å². The molecule has 3 saturated heterocycles. The molecule has 3 heterocycles. The third kappa shape index (κ3) is 1.19. The fourth-order valence-electron chi connectivity index (χ4n) is 2.09. The fraction of sp³-hybridized carbons (Fsp3) is 0.889. The van der Waals surface area contributed by atoms with Gasteiger partial charge in [-0.25, -0.2) is 4.79 Å². The highest BCUT2D eigenvalue weighted by Crippen LogP contribution is 2.34. The van der Waals surface area contributed by atoms with Crippen LogP contribution in [0.2, 0.25) is 0 Å². The van der Waals surface area contributed by atoms with E-state index in [-0.39, 0.29) is 12.2 Å². The summed E-state index contributed by atoms with van der Waals surface area (Å²) in [4.78, 5) is 13.3. The summed E-state index contributed by atoms with van der Waals surface area (Å²) < 4.78 is 10.1. The van der Waals surface area contributed by atoms with E-state index in [1.165, 1.54) is 0 Å². The van der Waals surface area contributed by atoms with Crippen molar-refractivity contribution in [2.24, 2.45) is 5.41 Å². The van der Waals surface area contributed by atoms with Gasteiger partial charge in [-0.1, -0.05) is 0 Å². The molecule has 0 saturated carbocycles. The van der Waals surface area contributed by atoms with Gasteiger partial charge < -0.3 is 19.7 Å². The second kappa shape index (κ2) is 2.84. The molecule has 3 rings (SSSR count). The Balaban J connectivity index is 1.45. The van der Waals surface area contributed by atoms with Crippen molar-refractivity contribution in [3.8, 4) is 0 Å². The third-order valence-corrected chi connectivity index (χ3v) is 3.19. The lowest BCUT2D eigenvalue weighted by molar-refractivity contribution is -0.118. The minimum absolute atomic E-state index is 0.00133. The summed E-state index contributed by atoms with van der Waals surface area (Å²) in [5.41, 5.74) is 0.384. The van der Waals surface area contributed by atoms with Crippen LogP contribution in [0.25, 0.3) is 0 Å². The van der Waals surface area contributed by atoms with Crippen molar-refractivity contribution < 1.29 is 14.3 Å². The van der Waals surface area contributed by atoms with E-state index in [4.69, 9.17) is 9.47 Å². The molecule has 5 nitrogen and oxygen atoms in total. The normalized spacial score (nSPS) is 29.0. The molecule has 3 aliphatic rings. The first-order chi connectivity index (χ1) is 6.77. The van der Waals surface area contributed by atoms with Crippen molar-refractivity contribution in [1.82, 2.24) is 10.2 Å². The van der Waals surface area contributed by atoms with Gasteiger partial charge in [0, 0.05) is 31.6 Å². The van der Waals surface area contributed by atoms with Gasteiger partial charge in [0.15, 0.2) is 6.10 Å². The minimum atomic E-state index is -0.171. The summed E-state index contributed by atoms with van der Waals surface area (Å²) in [5.74, 6) is 0. The SMILES string of the molecule is O=C(OC1COC1)N1CC2(CNC2)C1. The minimum Gasteiger partial charge on any atom is -0.441 e. The van der Waals surface area contributed by atoms with Crippen LogP contribution in [-0.4, -0.2) is 56.5 Å². The van der Waals surface area contributed by atoms with E-state index >= 15 is 0 Å². The summed E-state index contributed by atoms with van der Waals surface area (Å²) in [5, 5.41) is 3.23. The standard InChI is InChI=1S/C9H14N2O3/c12-8(14-7-1-13-2-7)11-5-9(6-11)3-10-4-9/h7,10H,1-6H2. The number of nitrogens with zero attached hydrogens (tertiary/aromatic N) is 1. The van der Waals surface area contributed by atoms with Gasteiger partial charge in [0.2, 0.25) is 0 Å². The molecule has 0 bridgehead atoms. The molecule has 0 unspecified atom stereocenters. The van der Waals surface area contributed by atoms with Crippen LogP contribution in [-0.2, 0) is 9.47 Å². The smallest absolute Gasteiger partial charge is 0.410 e. The van der Waals surface area contributed by atoms with Gasteiger partial charge in [-0.3, -0.25) is 0 Å². The maximum atomic E-state index is 11.5. The Hall–Kier alpha value is -0.810. The molecule has 1 amide bonds. The van der Waals surface area contributed by atoms with Crippen LogP contribution in [0, 0.1) is 5.41 Å². The van der Waals surface area contributed by atoms with Crippen molar-refractivity contribution in [2.45, 2.75) is 6.10 Å². The zero-order valence-electron chi connectivity index (χ0n) is 7.99. The van der Waals surface area contributed by atoms with Gasteiger partial charge in [-0.15, -0.1) is 0 Å². The largest absolute Gasteiger partial charge is 0.441 e. The topological polar surface area (TPSA) is 50.8 Å². The fourth-order valence-corrected chi connectivity index (χ4v) is 2.09. The van der Waals surface area contributed by atoms with Gasteiger partial charge >= 0.3 is 6.09 Å². The number of ether oxygens (including phenoxy) is 2. The highest BCUT2D eigenvalue weighted by molar-refractivity contribution is 5.69. The van der Waals surface area contributed by atoms with E-state index in [1.807, 2.05) is 0 Å². The third-order valence-electron chi connectivity index (χ3n) is 3.19. The Labute approximate surface area is 82.3 Å². The summed E-state index contributed by atoms with van der Waals surface area (Å²) in [7, 11) is 0. The molecule has 0 aliphatic carbocycles. The molecule has 1 N–H and O–H groups in total. The first kappa shape index (κ1) is 8.49. The quantitative estimate of drug-likeness (QED) is 0.613. The maximum absolute atomic E-state index is 11.5. The predicted molar refractivity (Wildman–Crippen MR) is 48.0 cm³/mol. The van der Waals surface area contributed by atoms with Crippen LogP contribution in [0.5, 0.6) is 0 Å². The Morgan fingerprint density at radius 2 is 2.14 bits per heavy atom. The van der Waals surface area contributed by atoms with Crippen molar-refractivity contribution in [3.63, 3.8) is 0 Å².